The van der Waals surface area contributed by atoms with Gasteiger partial charge in [-0.15, -0.1) is 11.3 Å². The molecule has 1 saturated heterocycles. The summed E-state index contributed by atoms with van der Waals surface area (Å²) in [6.07, 6.45) is -0.356. The molecule has 3 rings (SSSR count). The lowest BCUT2D eigenvalue weighted by Gasteiger charge is -2.33. The van der Waals surface area contributed by atoms with Crippen LogP contribution >= 0.6 is 11.3 Å². The summed E-state index contributed by atoms with van der Waals surface area (Å²) in [7, 11) is 1.59. The zero-order chi connectivity index (χ0) is 26.1. The van der Waals surface area contributed by atoms with Gasteiger partial charge in [0.1, 0.15) is 10.7 Å². The molecule has 11 heteroatoms. The van der Waals surface area contributed by atoms with Crippen LogP contribution in [0.15, 0.2) is 29.6 Å². The Kier molecular flexibility index (Phi) is 10.1. The van der Waals surface area contributed by atoms with Gasteiger partial charge in [-0.1, -0.05) is 26.0 Å². The number of hydrogen-bond acceptors (Lipinski definition) is 7. The summed E-state index contributed by atoms with van der Waals surface area (Å²) in [6.45, 7) is 9.03. The van der Waals surface area contributed by atoms with Crippen molar-refractivity contribution in [2.75, 3.05) is 58.4 Å². The minimum absolute atomic E-state index is 0.181. The Morgan fingerprint density at radius 1 is 1.11 bits per heavy atom. The summed E-state index contributed by atoms with van der Waals surface area (Å²) in [5.74, 6) is 0.232. The highest BCUT2D eigenvalue weighted by Crippen LogP contribution is 2.19. The molecule has 36 heavy (non-hydrogen) atoms. The number of urea groups is 1. The number of benzene rings is 1. The van der Waals surface area contributed by atoms with E-state index < -0.39 is 0 Å². The predicted octanol–water partition coefficient (Wildman–Crippen LogP) is 3.86. The summed E-state index contributed by atoms with van der Waals surface area (Å²) in [5.41, 5.74) is 2.26. The van der Waals surface area contributed by atoms with Crippen LogP contribution in [-0.2, 0) is 16.0 Å². The quantitative estimate of drug-likeness (QED) is 0.542. The molecule has 2 aromatic rings. The van der Waals surface area contributed by atoms with Gasteiger partial charge in [0.05, 0.1) is 19.8 Å². The molecule has 1 aromatic heterocycles. The number of piperazine rings is 1. The number of nitrogens with one attached hydrogen (secondary N) is 1. The molecule has 10 nitrogen and oxygen atoms in total. The van der Waals surface area contributed by atoms with Crippen LogP contribution in [0.25, 0.3) is 0 Å². The first kappa shape index (κ1) is 27.4. The van der Waals surface area contributed by atoms with Gasteiger partial charge in [0.15, 0.2) is 0 Å². The molecule has 1 fully saturated rings. The van der Waals surface area contributed by atoms with Crippen molar-refractivity contribution in [2.24, 2.45) is 0 Å². The van der Waals surface area contributed by atoms with E-state index in [0.29, 0.717) is 68.2 Å². The molecular weight excluding hydrogens is 482 g/mol. The van der Waals surface area contributed by atoms with Crippen molar-refractivity contribution in [3.8, 4) is 0 Å². The SMILES string of the molecule is CCOC(=O)N1CCN(C(=O)c2csc(CN(CCOC)C(=O)Nc3ccc(C(C)C)cc3)n2)CC1. The number of aromatic nitrogens is 1. The lowest BCUT2D eigenvalue weighted by Crippen LogP contribution is -2.50. The van der Waals surface area contributed by atoms with Crippen LogP contribution in [0, 0.1) is 0 Å². The maximum absolute atomic E-state index is 13.0. The van der Waals surface area contributed by atoms with Crippen LogP contribution in [-0.4, -0.2) is 90.8 Å². The average Bonchev–Trinajstić information content (AvgIpc) is 3.35. The molecular formula is C25H35N5O5S. The number of rotatable bonds is 9. The van der Waals surface area contributed by atoms with Crippen molar-refractivity contribution < 1.29 is 23.9 Å². The molecule has 2 heterocycles. The van der Waals surface area contributed by atoms with Gasteiger partial charge in [-0.3, -0.25) is 4.79 Å². The Bertz CT molecular complexity index is 1020. The number of thiazole rings is 1. The van der Waals surface area contributed by atoms with E-state index in [4.69, 9.17) is 9.47 Å². The second kappa shape index (κ2) is 13.2. The largest absolute Gasteiger partial charge is 0.450 e. The monoisotopic (exact) mass is 517 g/mol. The molecule has 4 amide bonds. The van der Waals surface area contributed by atoms with Crippen molar-refractivity contribution in [3.63, 3.8) is 0 Å². The van der Waals surface area contributed by atoms with Crippen molar-refractivity contribution in [3.05, 3.63) is 45.9 Å². The summed E-state index contributed by atoms with van der Waals surface area (Å²) >= 11 is 1.34. The normalized spacial score (nSPS) is 13.6. The van der Waals surface area contributed by atoms with Gasteiger partial charge in [-0.05, 0) is 30.5 Å². The fourth-order valence-electron chi connectivity index (χ4n) is 3.72. The summed E-state index contributed by atoms with van der Waals surface area (Å²) in [5, 5.41) is 5.30. The third kappa shape index (κ3) is 7.41. The summed E-state index contributed by atoms with van der Waals surface area (Å²) < 4.78 is 10.2. The lowest BCUT2D eigenvalue weighted by molar-refractivity contribution is 0.0566. The molecule has 0 spiro atoms. The molecule has 0 unspecified atom stereocenters. The number of hydrogen-bond donors (Lipinski definition) is 1. The first-order chi connectivity index (χ1) is 17.3. The van der Waals surface area contributed by atoms with E-state index in [1.165, 1.54) is 16.9 Å². The molecule has 0 aliphatic carbocycles. The minimum atomic E-state index is -0.356. The molecule has 0 atom stereocenters. The maximum Gasteiger partial charge on any atom is 0.409 e. The molecule has 0 radical (unpaired) electrons. The second-order valence-electron chi connectivity index (χ2n) is 8.73. The van der Waals surface area contributed by atoms with Crippen LogP contribution < -0.4 is 5.32 Å². The van der Waals surface area contributed by atoms with Crippen LogP contribution in [0.1, 0.15) is 47.7 Å². The second-order valence-corrected chi connectivity index (χ2v) is 9.67. The van der Waals surface area contributed by atoms with Crippen LogP contribution in [0.5, 0.6) is 0 Å². The van der Waals surface area contributed by atoms with E-state index >= 15 is 0 Å². The Morgan fingerprint density at radius 3 is 2.39 bits per heavy atom. The van der Waals surface area contributed by atoms with Crippen LogP contribution in [0.2, 0.25) is 0 Å². The maximum atomic E-state index is 13.0. The zero-order valence-corrected chi connectivity index (χ0v) is 22.2. The molecule has 0 saturated carbocycles. The molecule has 1 N–H and O–H groups in total. The highest BCUT2D eigenvalue weighted by atomic mass is 32.1. The minimum Gasteiger partial charge on any atom is -0.450 e. The van der Waals surface area contributed by atoms with E-state index in [2.05, 4.69) is 24.1 Å². The van der Waals surface area contributed by atoms with E-state index in [1.54, 1.807) is 34.1 Å². The lowest BCUT2D eigenvalue weighted by atomic mass is 10.0. The van der Waals surface area contributed by atoms with Gasteiger partial charge in [0, 0.05) is 50.9 Å². The predicted molar refractivity (Wildman–Crippen MR) is 138 cm³/mol. The van der Waals surface area contributed by atoms with Crippen LogP contribution in [0.4, 0.5) is 15.3 Å². The molecule has 0 bridgehead atoms. The first-order valence-corrected chi connectivity index (χ1v) is 13.0. The Labute approximate surface area is 216 Å². The molecule has 1 aliphatic rings. The number of carbonyl (C=O) groups is 3. The Morgan fingerprint density at radius 2 is 1.78 bits per heavy atom. The highest BCUT2D eigenvalue weighted by Gasteiger charge is 2.27. The van der Waals surface area contributed by atoms with Gasteiger partial charge in [-0.25, -0.2) is 14.6 Å². The van der Waals surface area contributed by atoms with Gasteiger partial charge in [-0.2, -0.15) is 0 Å². The number of ether oxygens (including phenoxy) is 2. The van der Waals surface area contributed by atoms with E-state index in [-0.39, 0.29) is 24.6 Å². The topological polar surface area (TPSA) is 104 Å². The summed E-state index contributed by atoms with van der Waals surface area (Å²) in [6, 6.07) is 7.53. The number of methoxy groups -OCH3 is 1. The number of amides is 4. The van der Waals surface area contributed by atoms with E-state index in [0.717, 1.165) is 0 Å². The van der Waals surface area contributed by atoms with Gasteiger partial charge in [0.2, 0.25) is 0 Å². The third-order valence-electron chi connectivity index (χ3n) is 5.87. The number of nitrogens with zero attached hydrogens (tertiary/aromatic N) is 4. The molecule has 196 valence electrons. The fourth-order valence-corrected chi connectivity index (χ4v) is 4.50. The molecule has 1 aliphatic heterocycles. The number of carbonyl (C=O) groups excluding carboxylic acids is 3. The van der Waals surface area contributed by atoms with E-state index in [1.807, 2.05) is 24.3 Å². The average molecular weight is 518 g/mol. The summed E-state index contributed by atoms with van der Waals surface area (Å²) in [4.78, 5) is 47.2. The van der Waals surface area contributed by atoms with Crippen LogP contribution in [0.3, 0.4) is 0 Å². The van der Waals surface area contributed by atoms with Crippen molar-refractivity contribution in [2.45, 2.75) is 33.2 Å². The van der Waals surface area contributed by atoms with Crippen molar-refractivity contribution in [1.29, 1.82) is 0 Å². The van der Waals surface area contributed by atoms with E-state index in [9.17, 15) is 14.4 Å². The first-order valence-electron chi connectivity index (χ1n) is 12.1. The standard InChI is InChI=1S/C25H35N5O5S/c1-5-35-25(33)29-12-10-28(11-13-29)23(31)21-17-36-22(27-21)16-30(14-15-34-4)24(32)26-20-8-6-19(7-9-20)18(2)3/h6-9,17-18H,5,10-16H2,1-4H3,(H,26,32). The smallest absolute Gasteiger partial charge is 0.409 e. The van der Waals surface area contributed by atoms with Crippen molar-refractivity contribution >= 4 is 35.1 Å². The van der Waals surface area contributed by atoms with Gasteiger partial charge >= 0.3 is 12.1 Å². The third-order valence-corrected chi connectivity index (χ3v) is 6.70. The highest BCUT2D eigenvalue weighted by molar-refractivity contribution is 7.09. The fraction of sp³-hybridized carbons (Fsp3) is 0.520. The Hall–Kier alpha value is -3.18. The molecule has 1 aromatic carbocycles. The number of anilines is 1. The van der Waals surface area contributed by atoms with Gasteiger partial charge in [0.25, 0.3) is 5.91 Å². The zero-order valence-electron chi connectivity index (χ0n) is 21.4. The van der Waals surface area contributed by atoms with Crippen molar-refractivity contribution in [1.82, 2.24) is 19.7 Å². The van der Waals surface area contributed by atoms with Gasteiger partial charge < -0.3 is 29.5 Å². The Balaban J connectivity index is 1.59.